The summed E-state index contributed by atoms with van der Waals surface area (Å²) in [5.41, 5.74) is 2.25. The zero-order chi connectivity index (χ0) is 14.9. The van der Waals surface area contributed by atoms with E-state index in [0.29, 0.717) is 12.3 Å². The molecule has 0 aromatic heterocycles. The Labute approximate surface area is 127 Å². The van der Waals surface area contributed by atoms with Crippen LogP contribution >= 0.6 is 0 Å². The Morgan fingerprint density at radius 3 is 2.29 bits per heavy atom. The van der Waals surface area contributed by atoms with Crippen LogP contribution in [0.2, 0.25) is 0 Å². The second kappa shape index (κ2) is 8.25. The highest BCUT2D eigenvalue weighted by molar-refractivity contribution is 5.90. The first-order valence-electron chi connectivity index (χ1n) is 7.63. The molecule has 1 atom stereocenters. The van der Waals surface area contributed by atoms with Gasteiger partial charge >= 0.3 is 0 Å². The normalized spacial score (nSPS) is 11.9. The summed E-state index contributed by atoms with van der Waals surface area (Å²) in [6.07, 6.45) is 3.69. The Morgan fingerprint density at radius 1 is 1.00 bits per heavy atom. The molecule has 0 aliphatic carbocycles. The number of anilines is 1. The van der Waals surface area contributed by atoms with Gasteiger partial charge in [-0.25, -0.2) is 0 Å². The van der Waals surface area contributed by atoms with E-state index < -0.39 is 0 Å². The number of amides is 1. The lowest BCUT2D eigenvalue weighted by atomic mass is 9.96. The summed E-state index contributed by atoms with van der Waals surface area (Å²) in [5, 5.41) is 2.93. The van der Waals surface area contributed by atoms with Crippen molar-refractivity contribution in [2.24, 2.45) is 5.92 Å². The molecule has 21 heavy (non-hydrogen) atoms. The first-order chi connectivity index (χ1) is 10.2. The molecule has 2 heteroatoms. The molecule has 2 nitrogen and oxygen atoms in total. The highest BCUT2D eigenvalue weighted by Crippen LogP contribution is 2.15. The summed E-state index contributed by atoms with van der Waals surface area (Å²) in [7, 11) is 0. The van der Waals surface area contributed by atoms with Gasteiger partial charge in [0.25, 0.3) is 0 Å². The second-order valence-electron chi connectivity index (χ2n) is 5.60. The molecule has 0 spiro atoms. The molecular formula is C19H23NO. The van der Waals surface area contributed by atoms with Crippen molar-refractivity contribution >= 4 is 11.6 Å². The first-order valence-corrected chi connectivity index (χ1v) is 7.63. The smallest absolute Gasteiger partial charge is 0.224 e. The predicted octanol–water partition coefficient (Wildman–Crippen LogP) is 4.67. The average molecular weight is 281 g/mol. The lowest BCUT2D eigenvalue weighted by Crippen LogP contribution is -2.11. The zero-order valence-electron chi connectivity index (χ0n) is 12.6. The molecule has 2 aromatic carbocycles. The summed E-state index contributed by atoms with van der Waals surface area (Å²) in [6, 6.07) is 20.2. The van der Waals surface area contributed by atoms with Gasteiger partial charge in [-0.1, -0.05) is 55.5 Å². The van der Waals surface area contributed by atoms with E-state index in [4.69, 9.17) is 0 Å². The summed E-state index contributed by atoms with van der Waals surface area (Å²) in [6.45, 7) is 2.25. The highest BCUT2D eigenvalue weighted by atomic mass is 16.1. The van der Waals surface area contributed by atoms with Crippen LogP contribution in [-0.2, 0) is 11.2 Å². The highest BCUT2D eigenvalue weighted by Gasteiger charge is 2.06. The molecule has 0 bridgehead atoms. The van der Waals surface area contributed by atoms with E-state index in [-0.39, 0.29) is 5.91 Å². The van der Waals surface area contributed by atoms with Crippen LogP contribution in [0.15, 0.2) is 60.7 Å². The van der Waals surface area contributed by atoms with Crippen LogP contribution in [0.1, 0.15) is 31.7 Å². The maximum atomic E-state index is 11.8. The number of para-hydroxylation sites is 1. The molecule has 0 fully saturated rings. The Kier molecular flexibility index (Phi) is 6.01. The first kappa shape index (κ1) is 15.3. The topological polar surface area (TPSA) is 29.1 Å². The van der Waals surface area contributed by atoms with Crippen molar-refractivity contribution in [3.05, 3.63) is 66.2 Å². The van der Waals surface area contributed by atoms with Crippen LogP contribution in [0.3, 0.4) is 0 Å². The fourth-order valence-corrected chi connectivity index (χ4v) is 2.47. The third kappa shape index (κ3) is 5.82. The minimum atomic E-state index is 0.105. The molecule has 0 aliphatic rings. The number of carbonyl (C=O) groups excluding carboxylic acids is 1. The van der Waals surface area contributed by atoms with Crippen LogP contribution in [0.5, 0.6) is 0 Å². The average Bonchev–Trinajstić information content (AvgIpc) is 2.49. The lowest BCUT2D eigenvalue weighted by Gasteiger charge is -2.11. The van der Waals surface area contributed by atoms with Gasteiger partial charge in [-0.3, -0.25) is 4.79 Å². The van der Waals surface area contributed by atoms with Crippen LogP contribution < -0.4 is 5.32 Å². The van der Waals surface area contributed by atoms with E-state index in [1.807, 2.05) is 36.4 Å². The molecule has 1 amide bonds. The van der Waals surface area contributed by atoms with E-state index in [0.717, 1.165) is 24.9 Å². The van der Waals surface area contributed by atoms with Crippen molar-refractivity contribution in [2.75, 3.05) is 5.32 Å². The Morgan fingerprint density at radius 2 is 1.62 bits per heavy atom. The number of benzene rings is 2. The van der Waals surface area contributed by atoms with Crippen molar-refractivity contribution < 1.29 is 4.79 Å². The van der Waals surface area contributed by atoms with E-state index in [1.165, 1.54) is 5.56 Å². The number of hydrogen-bond acceptors (Lipinski definition) is 1. The van der Waals surface area contributed by atoms with E-state index in [9.17, 15) is 4.79 Å². The van der Waals surface area contributed by atoms with Crippen molar-refractivity contribution in [3.63, 3.8) is 0 Å². The van der Waals surface area contributed by atoms with Gasteiger partial charge in [0.15, 0.2) is 0 Å². The Hall–Kier alpha value is -2.09. The van der Waals surface area contributed by atoms with Crippen molar-refractivity contribution in [1.82, 2.24) is 0 Å². The molecule has 0 aliphatic heterocycles. The quantitative estimate of drug-likeness (QED) is 0.784. The standard InChI is InChI=1S/C19H23NO/c1-16(15-17-10-4-2-5-11-17)9-8-14-19(21)20-18-12-6-3-7-13-18/h2-7,10-13,16H,8-9,14-15H2,1H3,(H,20,21)/t16-/m1/s1. The van der Waals surface area contributed by atoms with Crippen LogP contribution in [-0.4, -0.2) is 5.91 Å². The third-order valence-corrected chi connectivity index (χ3v) is 3.59. The van der Waals surface area contributed by atoms with E-state index in [1.54, 1.807) is 0 Å². The third-order valence-electron chi connectivity index (χ3n) is 3.59. The molecule has 110 valence electrons. The SMILES string of the molecule is C[C@H](CCCC(=O)Nc1ccccc1)Cc1ccccc1. The number of nitrogens with one attached hydrogen (secondary N) is 1. The monoisotopic (exact) mass is 281 g/mol. The van der Waals surface area contributed by atoms with Gasteiger partial charge in [0.2, 0.25) is 5.91 Å². The maximum absolute atomic E-state index is 11.8. The summed E-state index contributed by atoms with van der Waals surface area (Å²) in [5.74, 6) is 0.713. The molecule has 0 heterocycles. The largest absolute Gasteiger partial charge is 0.326 e. The number of hydrogen-bond donors (Lipinski definition) is 1. The summed E-state index contributed by atoms with van der Waals surface area (Å²) < 4.78 is 0. The lowest BCUT2D eigenvalue weighted by molar-refractivity contribution is -0.116. The fourth-order valence-electron chi connectivity index (χ4n) is 2.47. The molecule has 2 rings (SSSR count). The van der Waals surface area contributed by atoms with Gasteiger partial charge in [0, 0.05) is 12.1 Å². The number of rotatable bonds is 7. The molecule has 0 saturated heterocycles. The van der Waals surface area contributed by atoms with Crippen molar-refractivity contribution in [3.8, 4) is 0 Å². The van der Waals surface area contributed by atoms with Gasteiger partial charge in [-0.2, -0.15) is 0 Å². The van der Waals surface area contributed by atoms with Crippen molar-refractivity contribution in [2.45, 2.75) is 32.6 Å². The summed E-state index contributed by atoms with van der Waals surface area (Å²) in [4.78, 5) is 11.8. The predicted molar refractivity (Wildman–Crippen MR) is 88.2 cm³/mol. The molecular weight excluding hydrogens is 258 g/mol. The van der Waals surface area contributed by atoms with Gasteiger partial charge < -0.3 is 5.32 Å². The number of carbonyl (C=O) groups is 1. The molecule has 0 unspecified atom stereocenters. The Bertz CT molecular complexity index is 536. The molecule has 0 radical (unpaired) electrons. The van der Waals surface area contributed by atoms with Gasteiger partial charge in [0.05, 0.1) is 0 Å². The molecule has 0 saturated carbocycles. The zero-order valence-corrected chi connectivity index (χ0v) is 12.6. The summed E-state index contributed by atoms with van der Waals surface area (Å²) >= 11 is 0. The molecule has 2 aromatic rings. The fraction of sp³-hybridized carbons (Fsp3) is 0.316. The van der Waals surface area contributed by atoms with Crippen LogP contribution in [0.4, 0.5) is 5.69 Å². The van der Waals surface area contributed by atoms with Crippen molar-refractivity contribution in [1.29, 1.82) is 0 Å². The Balaban J connectivity index is 1.66. The van der Waals surface area contributed by atoms with Crippen LogP contribution in [0, 0.1) is 5.92 Å². The van der Waals surface area contributed by atoms with E-state index in [2.05, 4.69) is 36.5 Å². The minimum absolute atomic E-state index is 0.105. The van der Waals surface area contributed by atoms with Gasteiger partial charge in [-0.05, 0) is 42.9 Å². The van der Waals surface area contributed by atoms with Crippen LogP contribution in [0.25, 0.3) is 0 Å². The maximum Gasteiger partial charge on any atom is 0.224 e. The van der Waals surface area contributed by atoms with Gasteiger partial charge in [0.1, 0.15) is 0 Å². The van der Waals surface area contributed by atoms with E-state index >= 15 is 0 Å². The molecule has 1 N–H and O–H groups in total. The minimum Gasteiger partial charge on any atom is -0.326 e. The van der Waals surface area contributed by atoms with Gasteiger partial charge in [-0.15, -0.1) is 0 Å². The second-order valence-corrected chi connectivity index (χ2v) is 5.60.